The van der Waals surface area contributed by atoms with Crippen LogP contribution in [0.5, 0.6) is 0 Å². The number of rotatable bonds is 6. The van der Waals surface area contributed by atoms with E-state index >= 15 is 0 Å². The lowest BCUT2D eigenvalue weighted by atomic mass is 9.96. The van der Waals surface area contributed by atoms with Crippen molar-refractivity contribution in [2.75, 3.05) is 6.54 Å². The molecule has 0 bridgehead atoms. The molecule has 3 nitrogen and oxygen atoms in total. The number of hydrogen-bond donors (Lipinski definition) is 2. The van der Waals surface area contributed by atoms with Gasteiger partial charge in [0.25, 0.3) is 0 Å². The summed E-state index contributed by atoms with van der Waals surface area (Å²) in [5, 5.41) is 11.9. The second-order valence-electron chi connectivity index (χ2n) is 5.78. The summed E-state index contributed by atoms with van der Waals surface area (Å²) in [6.07, 6.45) is -0.736. The number of carbonyl (C=O) groups is 1. The van der Waals surface area contributed by atoms with Crippen molar-refractivity contribution in [2.24, 2.45) is 0 Å². The molecule has 2 unspecified atom stereocenters. The molecule has 1 fully saturated rings. The molecule has 122 valence electrons. The monoisotopic (exact) mass is 315 g/mol. The second kappa shape index (κ2) is 7.13. The predicted molar refractivity (Wildman–Crippen MR) is 76.7 cm³/mol. The fourth-order valence-corrected chi connectivity index (χ4v) is 2.96. The highest BCUT2D eigenvalue weighted by Crippen LogP contribution is 2.36. The number of nitrogens with one attached hydrogen (secondary N) is 1. The average molecular weight is 315 g/mol. The van der Waals surface area contributed by atoms with Gasteiger partial charge in [0.1, 0.15) is 0 Å². The number of aliphatic carboxylic acids is 1. The van der Waals surface area contributed by atoms with Gasteiger partial charge in [0.2, 0.25) is 0 Å². The van der Waals surface area contributed by atoms with Gasteiger partial charge in [-0.1, -0.05) is 12.1 Å². The van der Waals surface area contributed by atoms with E-state index in [1.807, 2.05) is 0 Å². The number of halogens is 3. The van der Waals surface area contributed by atoms with E-state index in [0.29, 0.717) is 19.0 Å². The fraction of sp³-hybridized carbons (Fsp3) is 0.562. The highest BCUT2D eigenvalue weighted by Gasteiger charge is 2.31. The Hall–Kier alpha value is -1.56. The van der Waals surface area contributed by atoms with E-state index in [4.69, 9.17) is 5.11 Å². The van der Waals surface area contributed by atoms with E-state index in [9.17, 15) is 18.0 Å². The van der Waals surface area contributed by atoms with Crippen molar-refractivity contribution in [3.05, 3.63) is 35.4 Å². The van der Waals surface area contributed by atoms with Crippen molar-refractivity contribution in [1.29, 1.82) is 0 Å². The molecule has 0 heterocycles. The smallest absolute Gasteiger partial charge is 0.416 e. The summed E-state index contributed by atoms with van der Waals surface area (Å²) in [6, 6.07) is 5.74. The molecule has 0 aliphatic heterocycles. The molecule has 1 saturated carbocycles. The van der Waals surface area contributed by atoms with Gasteiger partial charge in [0, 0.05) is 12.5 Å². The first-order valence-corrected chi connectivity index (χ1v) is 7.48. The number of carboxylic acid groups (broad SMARTS) is 1. The van der Waals surface area contributed by atoms with Crippen LogP contribution >= 0.6 is 0 Å². The molecule has 2 atom stereocenters. The summed E-state index contributed by atoms with van der Waals surface area (Å²) in [5.41, 5.74) is 0.334. The maximum Gasteiger partial charge on any atom is 0.416 e. The largest absolute Gasteiger partial charge is 0.481 e. The summed E-state index contributed by atoms with van der Waals surface area (Å²) in [7, 11) is 0. The third-order valence-corrected chi connectivity index (χ3v) is 4.14. The number of benzene rings is 1. The Morgan fingerprint density at radius 1 is 1.23 bits per heavy atom. The SMILES string of the molecule is O=C(O)CCCNC1CCC(c2ccc(C(F)(F)F)cc2)C1. The Bertz CT molecular complexity index is 499. The summed E-state index contributed by atoms with van der Waals surface area (Å²) in [5.74, 6) is -0.518. The zero-order chi connectivity index (χ0) is 16.2. The third kappa shape index (κ3) is 4.73. The minimum atomic E-state index is -4.29. The normalized spacial score (nSPS) is 22.0. The second-order valence-corrected chi connectivity index (χ2v) is 5.78. The lowest BCUT2D eigenvalue weighted by Crippen LogP contribution is -2.27. The van der Waals surface area contributed by atoms with Crippen molar-refractivity contribution >= 4 is 5.97 Å². The maximum atomic E-state index is 12.5. The molecule has 0 amide bonds. The van der Waals surface area contributed by atoms with Crippen molar-refractivity contribution in [3.8, 4) is 0 Å². The summed E-state index contributed by atoms with van der Waals surface area (Å²) >= 11 is 0. The van der Waals surface area contributed by atoms with Gasteiger partial charge in [-0.25, -0.2) is 0 Å². The topological polar surface area (TPSA) is 49.3 Å². The molecule has 22 heavy (non-hydrogen) atoms. The molecule has 0 saturated heterocycles. The summed E-state index contributed by atoms with van der Waals surface area (Å²) in [6.45, 7) is 0.663. The van der Waals surface area contributed by atoms with Crippen LogP contribution in [-0.4, -0.2) is 23.7 Å². The van der Waals surface area contributed by atoms with Gasteiger partial charge in [-0.3, -0.25) is 4.79 Å². The van der Waals surface area contributed by atoms with Crippen LogP contribution in [0.25, 0.3) is 0 Å². The zero-order valence-corrected chi connectivity index (χ0v) is 12.2. The van der Waals surface area contributed by atoms with Crippen molar-refractivity contribution in [3.63, 3.8) is 0 Å². The molecule has 2 N–H and O–H groups in total. The van der Waals surface area contributed by atoms with Crippen LogP contribution in [0.3, 0.4) is 0 Å². The van der Waals surface area contributed by atoms with Crippen LogP contribution in [0.1, 0.15) is 49.1 Å². The van der Waals surface area contributed by atoms with Crippen LogP contribution in [-0.2, 0) is 11.0 Å². The number of alkyl halides is 3. The van der Waals surface area contributed by atoms with Gasteiger partial charge in [0.15, 0.2) is 0 Å². The van der Waals surface area contributed by atoms with E-state index in [1.54, 1.807) is 12.1 Å². The highest BCUT2D eigenvalue weighted by molar-refractivity contribution is 5.66. The molecular formula is C16H20F3NO2. The molecule has 1 aliphatic carbocycles. The van der Waals surface area contributed by atoms with Gasteiger partial charge >= 0.3 is 12.1 Å². The molecule has 2 rings (SSSR count). The van der Waals surface area contributed by atoms with Crippen LogP contribution in [0, 0.1) is 0 Å². The van der Waals surface area contributed by atoms with Crippen molar-refractivity contribution in [2.45, 2.75) is 50.2 Å². The minimum absolute atomic E-state index is 0.155. The average Bonchev–Trinajstić information content (AvgIpc) is 2.91. The van der Waals surface area contributed by atoms with E-state index in [1.165, 1.54) is 0 Å². The quantitative estimate of drug-likeness (QED) is 0.785. The zero-order valence-electron chi connectivity index (χ0n) is 12.2. The van der Waals surface area contributed by atoms with Crippen LogP contribution < -0.4 is 5.32 Å². The molecular weight excluding hydrogens is 295 g/mol. The Labute approximate surface area is 127 Å². The summed E-state index contributed by atoms with van der Waals surface area (Å²) < 4.78 is 37.6. The first kappa shape index (κ1) is 16.8. The third-order valence-electron chi connectivity index (χ3n) is 4.14. The lowest BCUT2D eigenvalue weighted by molar-refractivity contribution is -0.138. The van der Waals surface area contributed by atoms with Crippen LogP contribution in [0.2, 0.25) is 0 Å². The molecule has 1 aromatic carbocycles. The van der Waals surface area contributed by atoms with Crippen molar-refractivity contribution < 1.29 is 23.1 Å². The molecule has 6 heteroatoms. The Balaban J connectivity index is 1.81. The predicted octanol–water partition coefficient (Wildman–Crippen LogP) is 3.80. The van der Waals surface area contributed by atoms with Gasteiger partial charge in [-0.2, -0.15) is 13.2 Å². The van der Waals surface area contributed by atoms with Gasteiger partial charge in [-0.15, -0.1) is 0 Å². The molecule has 1 aromatic rings. The minimum Gasteiger partial charge on any atom is -0.481 e. The standard InChI is InChI=1S/C16H20F3NO2/c17-16(18,19)13-6-3-11(4-7-13)12-5-8-14(10-12)20-9-1-2-15(21)22/h3-4,6-7,12,14,20H,1-2,5,8-10H2,(H,21,22). The van der Waals surface area contributed by atoms with E-state index in [-0.39, 0.29) is 12.3 Å². The first-order chi connectivity index (χ1) is 10.4. The van der Waals surface area contributed by atoms with Gasteiger partial charge in [-0.05, 0) is 55.8 Å². The van der Waals surface area contributed by atoms with Gasteiger partial charge < -0.3 is 10.4 Å². The van der Waals surface area contributed by atoms with Crippen molar-refractivity contribution in [1.82, 2.24) is 5.32 Å². The number of carboxylic acids is 1. The lowest BCUT2D eigenvalue weighted by Gasteiger charge is -2.14. The molecule has 0 spiro atoms. The maximum absolute atomic E-state index is 12.5. The number of hydrogen-bond acceptors (Lipinski definition) is 2. The summed E-state index contributed by atoms with van der Waals surface area (Å²) in [4.78, 5) is 10.4. The van der Waals surface area contributed by atoms with E-state index in [0.717, 1.165) is 37.0 Å². The molecule has 1 aliphatic rings. The highest BCUT2D eigenvalue weighted by atomic mass is 19.4. The van der Waals surface area contributed by atoms with E-state index in [2.05, 4.69) is 5.32 Å². The Kier molecular flexibility index (Phi) is 5.45. The first-order valence-electron chi connectivity index (χ1n) is 7.48. The van der Waals surface area contributed by atoms with E-state index < -0.39 is 17.7 Å². The Morgan fingerprint density at radius 2 is 1.91 bits per heavy atom. The Morgan fingerprint density at radius 3 is 2.50 bits per heavy atom. The van der Waals surface area contributed by atoms with Gasteiger partial charge in [0.05, 0.1) is 5.56 Å². The molecule has 0 radical (unpaired) electrons. The molecule has 0 aromatic heterocycles. The van der Waals surface area contributed by atoms with Crippen LogP contribution in [0.4, 0.5) is 13.2 Å². The van der Waals surface area contributed by atoms with Crippen LogP contribution in [0.15, 0.2) is 24.3 Å². The fourth-order valence-electron chi connectivity index (χ4n) is 2.96.